The van der Waals surface area contributed by atoms with Gasteiger partial charge < -0.3 is 9.64 Å². The van der Waals surface area contributed by atoms with Crippen LogP contribution in [0.15, 0.2) is 22.4 Å². The average Bonchev–Trinajstić information content (AvgIpc) is 3.32. The number of nitrogens with zero attached hydrogens (tertiary/aromatic N) is 5. The van der Waals surface area contributed by atoms with Crippen molar-refractivity contribution in [2.75, 3.05) is 28.5 Å². The Bertz CT molecular complexity index is 1250. The highest BCUT2D eigenvalue weighted by Gasteiger charge is 2.36. The molecular weight excluding hydrogens is 545 g/mol. The van der Waals surface area contributed by atoms with Crippen LogP contribution in [0.3, 0.4) is 0 Å². The first-order valence-electron chi connectivity index (χ1n) is 12.4. The maximum absolute atomic E-state index is 12.9. The fourth-order valence-corrected chi connectivity index (χ4v) is 5.66. The average molecular weight is 577 g/mol. The summed E-state index contributed by atoms with van der Waals surface area (Å²) in [6.45, 7) is 6.93. The van der Waals surface area contributed by atoms with Crippen LogP contribution in [0.5, 0.6) is 0 Å². The van der Waals surface area contributed by atoms with Gasteiger partial charge in [-0.05, 0) is 49.8 Å². The highest BCUT2D eigenvalue weighted by molar-refractivity contribution is 7.92. The van der Waals surface area contributed by atoms with Gasteiger partial charge >= 0.3 is 12.1 Å². The number of esters is 1. The number of anilines is 2. The number of benzene rings is 1. The number of alkyl halides is 3. The quantitative estimate of drug-likeness (QED) is 0.237. The van der Waals surface area contributed by atoms with Gasteiger partial charge in [0.25, 0.3) is 5.13 Å². The van der Waals surface area contributed by atoms with Crippen molar-refractivity contribution >= 4 is 49.5 Å². The molecule has 1 unspecified atom stereocenters. The van der Waals surface area contributed by atoms with Crippen LogP contribution in [0.4, 0.5) is 35.4 Å². The smallest absolute Gasteiger partial charge is 0.404 e. The van der Waals surface area contributed by atoms with Crippen LogP contribution in [0.1, 0.15) is 68.2 Å². The van der Waals surface area contributed by atoms with E-state index in [1.807, 2.05) is 6.92 Å². The molecule has 0 spiro atoms. The molecule has 0 amide bonds. The SMILES string of the molecule is CCCCN1c2cc(NS(=O)(=O)CC(F)(F)F)c(N=Nc3nnc(C(=O)OCCC)s3)cc2CCC1CC. The summed E-state index contributed by atoms with van der Waals surface area (Å²) < 4.78 is 70.5. The summed E-state index contributed by atoms with van der Waals surface area (Å²) in [7, 11) is -4.78. The number of sulfonamides is 1. The highest BCUT2D eigenvalue weighted by atomic mass is 32.2. The molecule has 3 rings (SSSR count). The number of carbonyl (C=O) groups excluding carboxylic acids is 1. The summed E-state index contributed by atoms with van der Waals surface area (Å²) in [6, 6.07) is 3.39. The Morgan fingerprint density at radius 2 is 1.97 bits per heavy atom. The van der Waals surface area contributed by atoms with Crippen molar-refractivity contribution in [2.45, 2.75) is 71.5 Å². The van der Waals surface area contributed by atoms with Crippen molar-refractivity contribution in [3.63, 3.8) is 0 Å². The number of aromatic nitrogens is 2. The summed E-state index contributed by atoms with van der Waals surface area (Å²) >= 11 is 0.826. The largest absolute Gasteiger partial charge is 0.460 e. The minimum Gasteiger partial charge on any atom is -0.460 e. The van der Waals surface area contributed by atoms with Gasteiger partial charge in [0.1, 0.15) is 5.69 Å². The summed E-state index contributed by atoms with van der Waals surface area (Å²) in [5, 5.41) is 15.5. The van der Waals surface area contributed by atoms with Gasteiger partial charge in [0, 0.05) is 18.3 Å². The fourth-order valence-electron chi connectivity index (χ4n) is 4.09. The molecule has 1 N–H and O–H groups in total. The van der Waals surface area contributed by atoms with Crippen LogP contribution < -0.4 is 9.62 Å². The van der Waals surface area contributed by atoms with Gasteiger partial charge in [-0.1, -0.05) is 38.5 Å². The Morgan fingerprint density at radius 3 is 2.63 bits per heavy atom. The zero-order valence-electron chi connectivity index (χ0n) is 21.4. The molecule has 0 saturated heterocycles. The number of carbonyl (C=O) groups is 1. The first-order valence-corrected chi connectivity index (χ1v) is 14.9. The monoisotopic (exact) mass is 576 g/mol. The lowest BCUT2D eigenvalue weighted by molar-refractivity contribution is -0.106. The van der Waals surface area contributed by atoms with Gasteiger partial charge in [-0.2, -0.15) is 13.2 Å². The fraction of sp³-hybridized carbons (Fsp3) is 0.609. The molecule has 1 aliphatic rings. The van der Waals surface area contributed by atoms with Crippen LogP contribution in [0.2, 0.25) is 0 Å². The molecule has 1 aromatic heterocycles. The maximum atomic E-state index is 12.9. The minimum absolute atomic E-state index is 0.00545. The molecular formula is C23H31F3N6O4S2. The minimum atomic E-state index is -4.92. The van der Waals surface area contributed by atoms with Gasteiger partial charge in [-0.25, -0.2) is 13.2 Å². The molecule has 0 saturated carbocycles. The predicted octanol–water partition coefficient (Wildman–Crippen LogP) is 6.16. The van der Waals surface area contributed by atoms with Crippen molar-refractivity contribution in [2.24, 2.45) is 10.2 Å². The van der Waals surface area contributed by atoms with Crippen LogP contribution in [0.25, 0.3) is 0 Å². The molecule has 38 heavy (non-hydrogen) atoms. The third kappa shape index (κ3) is 8.09. The molecule has 1 atom stereocenters. The second kappa shape index (κ2) is 12.8. The number of unbranched alkanes of at least 4 members (excludes halogenated alkanes) is 1. The molecule has 1 aromatic carbocycles. The third-order valence-electron chi connectivity index (χ3n) is 5.81. The second-order valence-electron chi connectivity index (χ2n) is 8.85. The van der Waals surface area contributed by atoms with Crippen LogP contribution in [-0.2, 0) is 21.2 Å². The number of rotatable bonds is 12. The van der Waals surface area contributed by atoms with Gasteiger partial charge in [0.15, 0.2) is 5.75 Å². The number of hydrogen-bond donors (Lipinski definition) is 1. The van der Waals surface area contributed by atoms with E-state index in [9.17, 15) is 26.4 Å². The standard InChI is InChI=1S/C23H31F3N6O4S2/c1-4-7-10-32-16(6-3)9-8-15-12-17(18(13-19(15)32)31-38(34,35)14-23(24,25)26)27-29-22-30-28-20(37-22)21(33)36-11-5-2/h12-13,16,31H,4-11,14H2,1-3H3. The van der Waals surface area contributed by atoms with E-state index in [1.54, 1.807) is 6.07 Å². The Kier molecular flexibility index (Phi) is 10.0. The topological polar surface area (TPSA) is 126 Å². The summed E-state index contributed by atoms with van der Waals surface area (Å²) in [4.78, 5) is 14.2. The van der Waals surface area contributed by atoms with Crippen molar-refractivity contribution < 1.29 is 31.1 Å². The Hall–Kier alpha value is -2.81. The van der Waals surface area contributed by atoms with Gasteiger partial charge in [0.05, 0.1) is 12.3 Å². The molecule has 0 aliphatic carbocycles. The van der Waals surface area contributed by atoms with E-state index in [-0.39, 0.29) is 34.2 Å². The zero-order valence-corrected chi connectivity index (χ0v) is 23.0. The maximum Gasteiger partial charge on any atom is 0.404 e. The summed E-state index contributed by atoms with van der Waals surface area (Å²) in [5.74, 6) is -2.69. The number of azo groups is 1. The van der Waals surface area contributed by atoms with Gasteiger partial charge in [-0.3, -0.25) is 4.72 Å². The van der Waals surface area contributed by atoms with Crippen molar-refractivity contribution in [1.29, 1.82) is 0 Å². The second-order valence-corrected chi connectivity index (χ2v) is 11.5. The number of hydrogen-bond acceptors (Lipinski definition) is 10. The lowest BCUT2D eigenvalue weighted by Crippen LogP contribution is -2.39. The molecule has 10 nitrogen and oxygen atoms in total. The number of halogens is 3. The predicted molar refractivity (Wildman–Crippen MR) is 139 cm³/mol. The lowest BCUT2D eigenvalue weighted by atomic mass is 9.93. The molecule has 0 radical (unpaired) electrons. The van der Waals surface area contributed by atoms with E-state index in [2.05, 4.69) is 43.9 Å². The van der Waals surface area contributed by atoms with Crippen LogP contribution >= 0.6 is 11.3 Å². The van der Waals surface area contributed by atoms with E-state index >= 15 is 0 Å². The molecule has 15 heteroatoms. The summed E-state index contributed by atoms with van der Waals surface area (Å²) in [6.07, 6.45) is 0.0279. The van der Waals surface area contributed by atoms with Crippen LogP contribution in [-0.4, -0.2) is 55.7 Å². The van der Waals surface area contributed by atoms with E-state index in [1.165, 1.54) is 6.07 Å². The van der Waals surface area contributed by atoms with Crippen molar-refractivity contribution in [3.8, 4) is 0 Å². The Morgan fingerprint density at radius 1 is 1.21 bits per heavy atom. The van der Waals surface area contributed by atoms with Gasteiger partial charge in [0.2, 0.25) is 15.0 Å². The molecule has 0 bridgehead atoms. The number of fused-ring (bicyclic) bond motifs is 1. The first-order chi connectivity index (χ1) is 18.0. The molecule has 2 heterocycles. The molecule has 2 aromatic rings. The number of ether oxygens (including phenoxy) is 1. The van der Waals surface area contributed by atoms with Crippen LogP contribution in [0, 0.1) is 0 Å². The Labute approximate surface area is 223 Å². The normalized spacial score (nSPS) is 16.1. The Balaban J connectivity index is 2.00. The highest BCUT2D eigenvalue weighted by Crippen LogP contribution is 2.40. The van der Waals surface area contributed by atoms with Gasteiger partial charge in [-0.15, -0.1) is 20.4 Å². The molecule has 210 valence electrons. The molecule has 1 aliphatic heterocycles. The molecule has 0 fully saturated rings. The van der Waals surface area contributed by atoms with E-state index in [0.717, 1.165) is 54.8 Å². The van der Waals surface area contributed by atoms with Crippen molar-refractivity contribution in [3.05, 3.63) is 22.7 Å². The number of aryl methyl sites for hydroxylation is 1. The zero-order chi connectivity index (χ0) is 27.9. The van der Waals surface area contributed by atoms with E-state index in [0.29, 0.717) is 12.8 Å². The van der Waals surface area contributed by atoms with E-state index < -0.39 is 27.9 Å². The first kappa shape index (κ1) is 29.7. The number of nitrogens with one attached hydrogen (secondary N) is 1. The lowest BCUT2D eigenvalue weighted by Gasteiger charge is -2.39. The van der Waals surface area contributed by atoms with E-state index in [4.69, 9.17) is 4.74 Å². The van der Waals surface area contributed by atoms with Crippen molar-refractivity contribution in [1.82, 2.24) is 10.2 Å². The summed E-state index contributed by atoms with van der Waals surface area (Å²) in [5.41, 5.74) is 1.56. The third-order valence-corrected chi connectivity index (χ3v) is 7.83.